The van der Waals surface area contributed by atoms with E-state index in [2.05, 4.69) is 103 Å². The van der Waals surface area contributed by atoms with Crippen molar-refractivity contribution < 1.29 is 9.53 Å². The number of aryl methyl sites for hydroxylation is 1. The van der Waals surface area contributed by atoms with Gasteiger partial charge < -0.3 is 19.2 Å². The van der Waals surface area contributed by atoms with Crippen LogP contribution in [0.4, 0.5) is 5.82 Å². The van der Waals surface area contributed by atoms with Crippen molar-refractivity contribution in [2.75, 3.05) is 12.4 Å². The fourth-order valence-corrected chi connectivity index (χ4v) is 6.83. The molecule has 1 atom stereocenters. The number of nitrogens with zero attached hydrogens (tertiary/aromatic N) is 6. The van der Waals surface area contributed by atoms with Crippen LogP contribution in [0.15, 0.2) is 116 Å². The number of anilines is 1. The predicted octanol–water partition coefficient (Wildman–Crippen LogP) is 8.26. The zero-order valence-electron chi connectivity index (χ0n) is 28.6. The Morgan fingerprint density at radius 2 is 1.42 bits per heavy atom. The maximum atomic E-state index is 12.5. The molecule has 10 heteroatoms. The van der Waals surface area contributed by atoms with Gasteiger partial charge in [0.05, 0.1) is 30.7 Å². The molecule has 50 heavy (non-hydrogen) atoms. The molecule has 0 aliphatic heterocycles. The second-order valence-corrected chi connectivity index (χ2v) is 13.9. The maximum Gasteiger partial charge on any atom is 0.307 e. The summed E-state index contributed by atoms with van der Waals surface area (Å²) in [5.41, 5.74) is 4.51. The summed E-state index contributed by atoms with van der Waals surface area (Å²) in [7, 11) is 3.35. The van der Waals surface area contributed by atoms with Gasteiger partial charge in [0.2, 0.25) is 0 Å². The number of rotatable bonds is 9. The molecule has 0 saturated carbocycles. The molecular weight excluding hydrogens is 646 g/mol. The topological polar surface area (TPSA) is 99.8 Å². The average Bonchev–Trinajstić information content (AvgIpc) is 3.69. The summed E-state index contributed by atoms with van der Waals surface area (Å²) in [6, 6.07) is 32.9. The molecule has 0 aliphatic rings. The van der Waals surface area contributed by atoms with Gasteiger partial charge in [0.25, 0.3) is 0 Å². The number of methoxy groups -OCH3 is 1. The first-order valence-corrected chi connectivity index (χ1v) is 16.9. The molecule has 0 spiro atoms. The molecule has 0 amide bonds. The third kappa shape index (κ3) is 5.77. The first-order chi connectivity index (χ1) is 24.1. The number of halogens is 1. The SMILES string of the molecule is COC(=O)C[C@@H](Nc1nc(-c2cn(C(c3ccccc3)(c3ccccc3)c3ccccc3)c3ncc(Cl)nc23)nc2c1ccn2C)C(C)(C)C. The molecule has 0 saturated heterocycles. The highest BCUT2D eigenvalue weighted by Gasteiger charge is 2.40. The van der Waals surface area contributed by atoms with Gasteiger partial charge in [0.1, 0.15) is 27.7 Å². The zero-order chi connectivity index (χ0) is 35.0. The molecule has 0 fully saturated rings. The Morgan fingerprint density at radius 3 is 1.96 bits per heavy atom. The number of carbonyl (C=O) groups is 1. The molecule has 4 heterocycles. The number of hydrogen-bond donors (Lipinski definition) is 1. The van der Waals surface area contributed by atoms with Gasteiger partial charge in [-0.05, 0) is 28.2 Å². The van der Waals surface area contributed by atoms with Gasteiger partial charge >= 0.3 is 5.97 Å². The monoisotopic (exact) mass is 683 g/mol. The lowest BCUT2D eigenvalue weighted by atomic mass is 9.76. The van der Waals surface area contributed by atoms with Gasteiger partial charge in [-0.2, -0.15) is 0 Å². The summed E-state index contributed by atoms with van der Waals surface area (Å²) in [5, 5.41) is 4.67. The van der Waals surface area contributed by atoms with E-state index in [-0.39, 0.29) is 29.0 Å². The van der Waals surface area contributed by atoms with Crippen LogP contribution in [0.5, 0.6) is 0 Å². The fourth-order valence-electron chi connectivity index (χ4n) is 6.70. The number of benzene rings is 3. The first-order valence-electron chi connectivity index (χ1n) is 16.5. The molecule has 7 aromatic rings. The van der Waals surface area contributed by atoms with Crippen molar-refractivity contribution >= 4 is 45.6 Å². The summed E-state index contributed by atoms with van der Waals surface area (Å²) in [6.45, 7) is 6.25. The van der Waals surface area contributed by atoms with Crippen LogP contribution in [-0.2, 0) is 22.1 Å². The Bertz CT molecular complexity index is 2200. The van der Waals surface area contributed by atoms with Crippen molar-refractivity contribution in [3.8, 4) is 11.4 Å². The summed E-state index contributed by atoms with van der Waals surface area (Å²) in [6.07, 6.45) is 5.73. The van der Waals surface area contributed by atoms with Crippen LogP contribution in [-0.4, -0.2) is 48.2 Å². The second-order valence-electron chi connectivity index (χ2n) is 13.5. The lowest BCUT2D eigenvalue weighted by Crippen LogP contribution is -2.37. The highest BCUT2D eigenvalue weighted by molar-refractivity contribution is 6.29. The smallest absolute Gasteiger partial charge is 0.307 e. The minimum atomic E-state index is -0.864. The molecule has 252 valence electrons. The lowest BCUT2D eigenvalue weighted by Gasteiger charge is -2.38. The number of ether oxygens (including phenoxy) is 1. The van der Waals surface area contributed by atoms with Crippen LogP contribution >= 0.6 is 11.6 Å². The Labute approximate surface area is 296 Å². The van der Waals surface area contributed by atoms with Gasteiger partial charge in [0, 0.05) is 25.5 Å². The van der Waals surface area contributed by atoms with Crippen molar-refractivity contribution in [1.82, 2.24) is 29.1 Å². The fraction of sp³-hybridized carbons (Fsp3) is 0.225. The van der Waals surface area contributed by atoms with E-state index in [1.54, 1.807) is 6.20 Å². The third-order valence-corrected chi connectivity index (χ3v) is 9.50. The van der Waals surface area contributed by atoms with Gasteiger partial charge in [-0.3, -0.25) is 4.79 Å². The third-order valence-electron chi connectivity index (χ3n) is 9.32. The van der Waals surface area contributed by atoms with E-state index in [4.69, 9.17) is 36.3 Å². The number of esters is 1. The highest BCUT2D eigenvalue weighted by atomic mass is 35.5. The standard InChI is InChI=1S/C40H38ClN7O2/c1-39(2,3)31(23-33(49)50-5)43-35-29-21-22-47(4)37(29)46-36(45-35)30-25-48(38-34(30)44-32(41)24-42-38)40(26-15-9-6-10-16-26,27-17-11-7-12-18-27)28-19-13-8-14-20-28/h6-22,24-25,31H,23H2,1-5H3,(H,43,45,46)/t31-/m1/s1. The number of carbonyl (C=O) groups excluding carboxylic acids is 1. The largest absolute Gasteiger partial charge is 0.469 e. The van der Waals surface area contributed by atoms with Crippen LogP contribution in [0.3, 0.4) is 0 Å². The van der Waals surface area contributed by atoms with Crippen molar-refractivity contribution in [2.24, 2.45) is 12.5 Å². The van der Waals surface area contributed by atoms with E-state index in [9.17, 15) is 4.79 Å². The second kappa shape index (κ2) is 13.1. The van der Waals surface area contributed by atoms with Crippen molar-refractivity contribution in [3.63, 3.8) is 0 Å². The number of fused-ring (bicyclic) bond motifs is 2. The van der Waals surface area contributed by atoms with Gasteiger partial charge in [-0.15, -0.1) is 0 Å². The highest BCUT2D eigenvalue weighted by Crippen LogP contribution is 2.44. The number of nitrogens with one attached hydrogen (secondary N) is 1. The number of aromatic nitrogens is 6. The number of hydrogen-bond acceptors (Lipinski definition) is 7. The summed E-state index contributed by atoms with van der Waals surface area (Å²) >= 11 is 6.58. The van der Waals surface area contributed by atoms with Gasteiger partial charge in [0.15, 0.2) is 11.5 Å². The van der Waals surface area contributed by atoms with Crippen LogP contribution in [0.25, 0.3) is 33.6 Å². The van der Waals surface area contributed by atoms with Crippen molar-refractivity contribution in [1.29, 1.82) is 0 Å². The maximum absolute atomic E-state index is 12.5. The normalized spacial score (nSPS) is 12.7. The van der Waals surface area contributed by atoms with E-state index in [1.165, 1.54) is 7.11 Å². The molecule has 7 rings (SSSR count). The molecule has 1 N–H and O–H groups in total. The molecule has 0 bridgehead atoms. The quantitative estimate of drug-likeness (QED) is 0.121. The first kappa shape index (κ1) is 33.0. The van der Waals surface area contributed by atoms with E-state index >= 15 is 0 Å². The predicted molar refractivity (Wildman–Crippen MR) is 198 cm³/mol. The molecular formula is C40H38ClN7O2. The van der Waals surface area contributed by atoms with Crippen LogP contribution in [0.1, 0.15) is 43.9 Å². The zero-order valence-corrected chi connectivity index (χ0v) is 29.4. The molecule has 0 aliphatic carbocycles. The van der Waals surface area contributed by atoms with E-state index in [0.717, 1.165) is 27.7 Å². The van der Waals surface area contributed by atoms with E-state index in [0.29, 0.717) is 28.4 Å². The lowest BCUT2D eigenvalue weighted by molar-refractivity contribution is -0.141. The molecule has 4 aromatic heterocycles. The van der Waals surface area contributed by atoms with Gasteiger partial charge in [-0.25, -0.2) is 19.9 Å². The molecule has 0 unspecified atom stereocenters. The minimum absolute atomic E-state index is 0.168. The Morgan fingerprint density at radius 1 is 0.840 bits per heavy atom. The molecule has 3 aromatic carbocycles. The van der Waals surface area contributed by atoms with Crippen molar-refractivity contribution in [2.45, 2.75) is 38.8 Å². The Kier molecular flexibility index (Phi) is 8.61. The average molecular weight is 684 g/mol. The van der Waals surface area contributed by atoms with Crippen LogP contribution in [0, 0.1) is 5.41 Å². The Balaban J connectivity index is 1.54. The Hall–Kier alpha value is -5.54. The van der Waals surface area contributed by atoms with Gasteiger partial charge in [-0.1, -0.05) is 123 Å². The van der Waals surface area contributed by atoms with Crippen LogP contribution in [0.2, 0.25) is 5.15 Å². The molecule has 9 nitrogen and oxygen atoms in total. The van der Waals surface area contributed by atoms with Crippen LogP contribution < -0.4 is 5.32 Å². The minimum Gasteiger partial charge on any atom is -0.469 e. The summed E-state index contributed by atoms with van der Waals surface area (Å²) in [5.74, 6) is 0.741. The summed E-state index contributed by atoms with van der Waals surface area (Å²) < 4.78 is 9.18. The molecule has 0 radical (unpaired) electrons. The van der Waals surface area contributed by atoms with E-state index < -0.39 is 5.54 Å². The van der Waals surface area contributed by atoms with E-state index in [1.807, 2.05) is 48.3 Å². The van der Waals surface area contributed by atoms with Crippen molar-refractivity contribution in [3.05, 3.63) is 137 Å². The summed E-state index contributed by atoms with van der Waals surface area (Å²) in [4.78, 5) is 32.5.